The molecule has 0 aliphatic heterocycles. The van der Waals surface area contributed by atoms with Crippen LogP contribution < -0.4 is 0 Å². The Bertz CT molecular complexity index is 784. The van der Waals surface area contributed by atoms with Crippen molar-refractivity contribution < 1.29 is 9.21 Å². The van der Waals surface area contributed by atoms with Gasteiger partial charge in [-0.05, 0) is 18.9 Å². The first-order valence-corrected chi connectivity index (χ1v) is 7.14. The van der Waals surface area contributed by atoms with Crippen molar-refractivity contribution in [3.05, 3.63) is 41.1 Å². The fraction of sp³-hybridized carbons (Fsp3) is 0.200. The Balaban J connectivity index is 1.91. The predicted octanol–water partition coefficient (Wildman–Crippen LogP) is 4.08. The number of rotatable bonds is 1. The van der Waals surface area contributed by atoms with Crippen molar-refractivity contribution in [1.82, 2.24) is 4.98 Å². The van der Waals surface area contributed by atoms with E-state index in [2.05, 4.69) is 4.98 Å². The number of nitrogens with zero attached hydrogens (tertiary/aromatic N) is 1. The molecule has 0 unspecified atom stereocenters. The van der Waals surface area contributed by atoms with E-state index in [1.165, 1.54) is 0 Å². The standard InChI is InChI=1S/C15H11NO2S/c17-11-5-3-7-13-14(11)16-15(19-13)10-8-18-12-6-2-1-4-9(10)12/h1-2,4,6,8H,3,5,7H2. The van der Waals surface area contributed by atoms with Gasteiger partial charge in [-0.15, -0.1) is 11.3 Å². The zero-order valence-corrected chi connectivity index (χ0v) is 11.0. The van der Waals surface area contributed by atoms with Crippen LogP contribution in [0.2, 0.25) is 0 Å². The van der Waals surface area contributed by atoms with Crippen LogP contribution in [0.5, 0.6) is 0 Å². The number of thiazole rings is 1. The van der Waals surface area contributed by atoms with Gasteiger partial charge in [-0.1, -0.05) is 18.2 Å². The molecule has 3 aromatic rings. The lowest BCUT2D eigenvalue weighted by Gasteiger charge is -2.06. The lowest BCUT2D eigenvalue weighted by atomic mass is 10.0. The van der Waals surface area contributed by atoms with Crippen LogP contribution >= 0.6 is 11.3 Å². The van der Waals surface area contributed by atoms with Crippen molar-refractivity contribution in [3.63, 3.8) is 0 Å². The average molecular weight is 269 g/mol. The first-order valence-electron chi connectivity index (χ1n) is 6.32. The molecule has 1 aliphatic rings. The lowest BCUT2D eigenvalue weighted by molar-refractivity contribution is 0.0968. The molecule has 0 bridgehead atoms. The molecule has 2 aromatic heterocycles. The smallest absolute Gasteiger partial charge is 0.182 e. The fourth-order valence-corrected chi connectivity index (χ4v) is 3.67. The minimum atomic E-state index is 0.177. The van der Waals surface area contributed by atoms with Crippen LogP contribution in [0, 0.1) is 0 Å². The zero-order chi connectivity index (χ0) is 12.8. The molecule has 94 valence electrons. The minimum Gasteiger partial charge on any atom is -0.464 e. The summed E-state index contributed by atoms with van der Waals surface area (Å²) in [6, 6.07) is 7.90. The molecule has 19 heavy (non-hydrogen) atoms. The molecule has 0 amide bonds. The van der Waals surface area contributed by atoms with E-state index in [0.29, 0.717) is 12.1 Å². The highest BCUT2D eigenvalue weighted by Gasteiger charge is 2.23. The van der Waals surface area contributed by atoms with Gasteiger partial charge in [0.25, 0.3) is 0 Å². The Hall–Kier alpha value is -1.94. The maximum absolute atomic E-state index is 11.9. The third-order valence-corrected chi connectivity index (χ3v) is 4.63. The highest BCUT2D eigenvalue weighted by molar-refractivity contribution is 7.15. The number of furan rings is 1. The highest BCUT2D eigenvalue weighted by atomic mass is 32.1. The summed E-state index contributed by atoms with van der Waals surface area (Å²) in [7, 11) is 0. The Morgan fingerprint density at radius 1 is 1.21 bits per heavy atom. The number of ketones is 1. The second-order valence-corrected chi connectivity index (χ2v) is 5.80. The van der Waals surface area contributed by atoms with Gasteiger partial charge in [0.1, 0.15) is 22.5 Å². The average Bonchev–Trinajstić information content (AvgIpc) is 3.02. The first-order chi connectivity index (χ1) is 9.33. The molecule has 1 aliphatic carbocycles. The Labute approximate surface area is 113 Å². The lowest BCUT2D eigenvalue weighted by Crippen LogP contribution is -2.08. The van der Waals surface area contributed by atoms with Crippen molar-refractivity contribution in [2.24, 2.45) is 0 Å². The Morgan fingerprint density at radius 3 is 3.00 bits per heavy atom. The Kier molecular flexibility index (Phi) is 2.32. The number of fused-ring (bicyclic) bond motifs is 2. The second-order valence-electron chi connectivity index (χ2n) is 4.71. The third-order valence-electron chi connectivity index (χ3n) is 3.48. The number of aromatic nitrogens is 1. The summed E-state index contributed by atoms with van der Waals surface area (Å²) >= 11 is 1.62. The number of hydrogen-bond donors (Lipinski definition) is 0. The summed E-state index contributed by atoms with van der Waals surface area (Å²) in [5.41, 5.74) is 2.52. The summed E-state index contributed by atoms with van der Waals surface area (Å²) in [6.45, 7) is 0. The van der Waals surface area contributed by atoms with Crippen molar-refractivity contribution in [2.75, 3.05) is 0 Å². The van der Waals surface area contributed by atoms with Gasteiger partial charge in [-0.25, -0.2) is 4.98 Å². The maximum Gasteiger partial charge on any atom is 0.182 e. The third kappa shape index (κ3) is 1.64. The van der Waals surface area contributed by atoms with E-state index < -0.39 is 0 Å². The molecule has 0 saturated carbocycles. The van der Waals surface area contributed by atoms with Crippen molar-refractivity contribution in [2.45, 2.75) is 19.3 Å². The van der Waals surface area contributed by atoms with Crippen LogP contribution in [0.3, 0.4) is 0 Å². The van der Waals surface area contributed by atoms with E-state index in [9.17, 15) is 4.79 Å². The van der Waals surface area contributed by atoms with Crippen LogP contribution in [0.1, 0.15) is 28.2 Å². The van der Waals surface area contributed by atoms with Crippen LogP contribution in [0.25, 0.3) is 21.5 Å². The van der Waals surface area contributed by atoms with Crippen LogP contribution in [-0.2, 0) is 6.42 Å². The quantitative estimate of drug-likeness (QED) is 0.668. The Morgan fingerprint density at radius 2 is 2.11 bits per heavy atom. The van der Waals surface area contributed by atoms with E-state index >= 15 is 0 Å². The predicted molar refractivity (Wildman–Crippen MR) is 74.6 cm³/mol. The number of hydrogen-bond acceptors (Lipinski definition) is 4. The van der Waals surface area contributed by atoms with Gasteiger partial charge in [0, 0.05) is 16.7 Å². The minimum absolute atomic E-state index is 0.177. The fourth-order valence-electron chi connectivity index (χ4n) is 2.53. The largest absolute Gasteiger partial charge is 0.464 e. The number of carbonyl (C=O) groups is 1. The molecule has 0 fully saturated rings. The normalized spacial score (nSPS) is 14.8. The molecule has 0 saturated heterocycles. The van der Waals surface area contributed by atoms with E-state index in [1.807, 2.05) is 24.3 Å². The van der Waals surface area contributed by atoms with Crippen molar-refractivity contribution in [1.29, 1.82) is 0 Å². The monoisotopic (exact) mass is 269 g/mol. The van der Waals surface area contributed by atoms with Crippen molar-refractivity contribution in [3.8, 4) is 10.6 Å². The number of Topliss-reactive ketones (excluding diaryl/α,β-unsaturated/α-hetero) is 1. The SMILES string of the molecule is O=C1CCCc2sc(-c3coc4ccccc34)nc21. The highest BCUT2D eigenvalue weighted by Crippen LogP contribution is 2.36. The number of carbonyl (C=O) groups excluding carboxylic acids is 1. The molecule has 4 heteroatoms. The summed E-state index contributed by atoms with van der Waals surface area (Å²) in [6.07, 6.45) is 4.27. The molecule has 2 heterocycles. The molecule has 3 nitrogen and oxygen atoms in total. The summed E-state index contributed by atoms with van der Waals surface area (Å²) < 4.78 is 5.54. The van der Waals surface area contributed by atoms with E-state index in [1.54, 1.807) is 17.6 Å². The maximum atomic E-state index is 11.9. The molecular weight excluding hydrogens is 258 g/mol. The number of aryl methyl sites for hydroxylation is 1. The van der Waals surface area contributed by atoms with Gasteiger partial charge < -0.3 is 4.42 Å². The number of para-hydroxylation sites is 1. The van der Waals surface area contributed by atoms with Gasteiger partial charge in [0.15, 0.2) is 5.78 Å². The molecular formula is C15H11NO2S. The van der Waals surface area contributed by atoms with Crippen LogP contribution in [0.4, 0.5) is 0 Å². The van der Waals surface area contributed by atoms with E-state index in [4.69, 9.17) is 4.42 Å². The van der Waals surface area contributed by atoms with Gasteiger partial charge in [-0.2, -0.15) is 0 Å². The van der Waals surface area contributed by atoms with E-state index in [0.717, 1.165) is 39.3 Å². The zero-order valence-electron chi connectivity index (χ0n) is 10.2. The van der Waals surface area contributed by atoms with Crippen LogP contribution in [-0.4, -0.2) is 10.8 Å². The molecule has 0 spiro atoms. The second kappa shape index (κ2) is 4.03. The van der Waals surface area contributed by atoms with Crippen molar-refractivity contribution >= 4 is 28.1 Å². The van der Waals surface area contributed by atoms with Gasteiger partial charge in [0.2, 0.25) is 0 Å². The van der Waals surface area contributed by atoms with E-state index in [-0.39, 0.29) is 5.78 Å². The molecule has 1 aromatic carbocycles. The van der Waals surface area contributed by atoms with Gasteiger partial charge in [0.05, 0.1) is 5.56 Å². The summed E-state index contributed by atoms with van der Waals surface area (Å²) in [4.78, 5) is 17.5. The van der Waals surface area contributed by atoms with Crippen LogP contribution in [0.15, 0.2) is 34.9 Å². The number of benzene rings is 1. The molecule has 0 N–H and O–H groups in total. The van der Waals surface area contributed by atoms with Gasteiger partial charge >= 0.3 is 0 Å². The first kappa shape index (κ1) is 10.9. The van der Waals surface area contributed by atoms with Gasteiger partial charge in [-0.3, -0.25) is 4.79 Å². The molecule has 0 atom stereocenters. The topological polar surface area (TPSA) is 43.1 Å². The molecule has 0 radical (unpaired) electrons. The summed E-state index contributed by atoms with van der Waals surface area (Å²) in [5, 5.41) is 1.95. The summed E-state index contributed by atoms with van der Waals surface area (Å²) in [5.74, 6) is 0.177. The molecule has 4 rings (SSSR count).